The molecule has 38 heavy (non-hydrogen) atoms. The van der Waals surface area contributed by atoms with Gasteiger partial charge in [-0.25, -0.2) is 0 Å². The highest BCUT2D eigenvalue weighted by Crippen LogP contribution is 2.37. The summed E-state index contributed by atoms with van der Waals surface area (Å²) in [6, 6.07) is 17.4. The van der Waals surface area contributed by atoms with Crippen molar-refractivity contribution >= 4 is 24.0 Å². The second-order valence-electron chi connectivity index (χ2n) is 9.46. The van der Waals surface area contributed by atoms with Crippen LogP contribution in [0.4, 0.5) is 0 Å². The molecule has 1 heterocycles. The molecule has 0 fully saturated rings. The van der Waals surface area contributed by atoms with E-state index in [1.165, 1.54) is 47.3 Å². The van der Waals surface area contributed by atoms with Crippen LogP contribution in [0, 0.1) is 28.7 Å². The van der Waals surface area contributed by atoms with Gasteiger partial charge in [0, 0.05) is 47.0 Å². The van der Waals surface area contributed by atoms with Crippen molar-refractivity contribution in [1.29, 1.82) is 5.26 Å². The third kappa shape index (κ3) is 6.95. The van der Waals surface area contributed by atoms with Gasteiger partial charge in [0.05, 0.1) is 10.6 Å². The van der Waals surface area contributed by atoms with Gasteiger partial charge >= 0.3 is 0 Å². The van der Waals surface area contributed by atoms with Crippen LogP contribution in [0.15, 0.2) is 83.6 Å². The van der Waals surface area contributed by atoms with Crippen LogP contribution in [0.1, 0.15) is 50.7 Å². The third-order valence-electron chi connectivity index (χ3n) is 6.81. The maximum absolute atomic E-state index is 9.55. The van der Waals surface area contributed by atoms with Gasteiger partial charge in [-0.1, -0.05) is 106 Å². The van der Waals surface area contributed by atoms with E-state index >= 15 is 0 Å². The van der Waals surface area contributed by atoms with Crippen molar-refractivity contribution in [1.82, 2.24) is 4.57 Å². The zero-order valence-corrected chi connectivity index (χ0v) is 23.9. The zero-order chi connectivity index (χ0) is 26.7. The Morgan fingerprint density at radius 3 is 2.47 bits per heavy atom. The monoisotopic (exact) mass is 534 g/mol. The molecule has 4 heteroatoms. The maximum atomic E-state index is 9.55. The fourth-order valence-corrected chi connectivity index (χ4v) is 6.29. The maximum Gasteiger partial charge on any atom is 0.109 e. The molecule has 0 N–H and O–H groups in total. The fourth-order valence-electron chi connectivity index (χ4n) is 4.88. The predicted octanol–water partition coefficient (Wildman–Crippen LogP) is 9.51. The van der Waals surface area contributed by atoms with Gasteiger partial charge < -0.3 is 4.57 Å². The van der Waals surface area contributed by atoms with E-state index in [4.69, 9.17) is 12.2 Å². The minimum Gasteiger partial charge on any atom is -0.339 e. The summed E-state index contributed by atoms with van der Waals surface area (Å²) < 4.78 is 2.84. The lowest BCUT2D eigenvalue weighted by atomic mass is 9.93. The molecule has 3 aromatic rings. The number of allylic oxidation sites excluding steroid dienone is 3. The zero-order valence-electron chi connectivity index (χ0n) is 22.3. The van der Waals surface area contributed by atoms with Crippen LogP contribution >= 0.6 is 24.0 Å². The molecule has 0 bridgehead atoms. The molecule has 1 aliphatic carbocycles. The molecule has 0 aliphatic heterocycles. The molecule has 2 nitrogen and oxygen atoms in total. The third-order valence-corrected chi connectivity index (χ3v) is 8.40. The van der Waals surface area contributed by atoms with Crippen LogP contribution < -0.4 is 0 Å². The van der Waals surface area contributed by atoms with Crippen LogP contribution in [0.5, 0.6) is 0 Å². The molecule has 0 unspecified atom stereocenters. The van der Waals surface area contributed by atoms with Crippen molar-refractivity contribution in [2.45, 2.75) is 63.8 Å². The van der Waals surface area contributed by atoms with Gasteiger partial charge in [-0.15, -0.1) is 11.8 Å². The molecule has 192 valence electrons. The normalized spacial score (nSPS) is 12.8. The minimum absolute atomic E-state index is 0.282. The van der Waals surface area contributed by atoms with Crippen LogP contribution in [0.25, 0.3) is 22.3 Å². The van der Waals surface area contributed by atoms with Gasteiger partial charge in [0.2, 0.25) is 0 Å². The number of rotatable bonds is 12. The molecule has 1 aliphatic rings. The fraction of sp³-hybridized carbons (Fsp3) is 0.294. The van der Waals surface area contributed by atoms with E-state index in [0.29, 0.717) is 0 Å². The van der Waals surface area contributed by atoms with Crippen LogP contribution in [-0.2, 0) is 19.4 Å². The Kier molecular flexibility index (Phi) is 10.6. The number of aromatic nitrogens is 1. The smallest absolute Gasteiger partial charge is 0.109 e. The predicted molar refractivity (Wildman–Crippen MR) is 163 cm³/mol. The highest BCUT2D eigenvalue weighted by atomic mass is 32.2. The topological polar surface area (TPSA) is 28.7 Å². The summed E-state index contributed by atoms with van der Waals surface area (Å²) in [5, 5.41) is 9.55. The SMILES string of the molecule is CCCCCCc1ccccc1-c1cn(CC#N)cc(-c2cccc(SCC3=CC=C[C][C]3)c2CC)c1=S. The highest BCUT2D eigenvalue weighted by molar-refractivity contribution is 7.99. The van der Waals surface area contributed by atoms with Crippen molar-refractivity contribution in [3.63, 3.8) is 0 Å². The highest BCUT2D eigenvalue weighted by Gasteiger charge is 2.16. The first-order valence-electron chi connectivity index (χ1n) is 13.5. The summed E-state index contributed by atoms with van der Waals surface area (Å²) in [4.78, 5) is 1.25. The molecule has 0 saturated heterocycles. The van der Waals surface area contributed by atoms with Crippen LogP contribution in [0.3, 0.4) is 0 Å². The Hall–Kier alpha value is -2.87. The van der Waals surface area contributed by atoms with Gasteiger partial charge in [0.25, 0.3) is 0 Å². The Morgan fingerprint density at radius 2 is 1.74 bits per heavy atom. The summed E-state index contributed by atoms with van der Waals surface area (Å²) in [6.07, 6.45) is 23.2. The van der Waals surface area contributed by atoms with E-state index < -0.39 is 0 Å². The summed E-state index contributed by atoms with van der Waals surface area (Å²) in [5.74, 6) is 0.842. The standard InChI is InChI=1S/C34H34N2S2/c1-3-5-6-10-16-27-17-11-12-18-29(27)31-23-36(22-21-35)24-32(34(31)37)30-19-13-20-33(28(30)4-2)38-25-26-14-8-7-9-15-26/h7-8,11-14,17-20,23-24H,3-6,10,16,22,25H2,1-2H3. The lowest BCUT2D eigenvalue weighted by Gasteiger charge is -2.18. The number of nitrogens with zero attached hydrogens (tertiary/aromatic N) is 2. The van der Waals surface area contributed by atoms with Crippen molar-refractivity contribution in [2.75, 3.05) is 5.75 Å². The number of pyridine rings is 1. The van der Waals surface area contributed by atoms with Gasteiger partial charge in [0.1, 0.15) is 6.54 Å². The average molecular weight is 535 g/mol. The molecule has 4 radical (unpaired) electrons. The Labute approximate surface area is 238 Å². The van der Waals surface area contributed by atoms with E-state index in [0.717, 1.165) is 45.4 Å². The van der Waals surface area contributed by atoms with Crippen LogP contribution in [-0.4, -0.2) is 10.3 Å². The van der Waals surface area contributed by atoms with E-state index in [1.807, 2.05) is 28.5 Å². The number of nitriles is 1. The second-order valence-corrected chi connectivity index (χ2v) is 10.9. The van der Waals surface area contributed by atoms with Crippen molar-refractivity contribution in [3.8, 4) is 28.3 Å². The summed E-state index contributed by atoms with van der Waals surface area (Å²) >= 11 is 8.02. The van der Waals surface area contributed by atoms with Gasteiger partial charge in [0.15, 0.2) is 0 Å². The van der Waals surface area contributed by atoms with Crippen LogP contribution in [0.2, 0.25) is 0 Å². The molecular formula is C34H34N2S2. The van der Waals surface area contributed by atoms with E-state index in [1.54, 1.807) is 0 Å². The molecule has 4 rings (SSSR count). The quantitative estimate of drug-likeness (QED) is 0.132. The molecule has 2 aromatic carbocycles. The number of aryl methyl sites for hydroxylation is 1. The van der Waals surface area contributed by atoms with E-state index in [2.05, 4.69) is 93.7 Å². The number of thioether (sulfide) groups is 1. The molecule has 1 aromatic heterocycles. The average Bonchev–Trinajstić information content (AvgIpc) is 2.96. The lowest BCUT2D eigenvalue weighted by Crippen LogP contribution is -2.03. The number of benzene rings is 2. The minimum atomic E-state index is 0.282. The molecular weight excluding hydrogens is 501 g/mol. The molecule has 0 spiro atoms. The van der Waals surface area contributed by atoms with Gasteiger partial charge in [-0.3, -0.25) is 0 Å². The molecule has 0 saturated carbocycles. The molecule has 0 atom stereocenters. The number of unbranched alkanes of at least 4 members (excludes halogenated alkanes) is 3. The van der Waals surface area contributed by atoms with Crippen molar-refractivity contribution < 1.29 is 0 Å². The second kappa shape index (κ2) is 14.3. The van der Waals surface area contributed by atoms with Crippen molar-refractivity contribution in [2.24, 2.45) is 0 Å². The van der Waals surface area contributed by atoms with Gasteiger partial charge in [-0.2, -0.15) is 5.26 Å². The van der Waals surface area contributed by atoms with E-state index in [-0.39, 0.29) is 6.54 Å². The summed E-state index contributed by atoms with van der Waals surface area (Å²) in [5.41, 5.74) is 8.14. The Bertz CT molecular complexity index is 1400. The van der Waals surface area contributed by atoms with E-state index in [9.17, 15) is 5.26 Å². The summed E-state index contributed by atoms with van der Waals surface area (Å²) in [6.45, 7) is 4.73. The Balaban J connectivity index is 1.76. The summed E-state index contributed by atoms with van der Waals surface area (Å²) in [7, 11) is 0. The first kappa shape index (κ1) is 28.1. The lowest BCUT2D eigenvalue weighted by molar-refractivity contribution is 0.667. The number of hydrogen-bond acceptors (Lipinski definition) is 3. The largest absolute Gasteiger partial charge is 0.339 e. The van der Waals surface area contributed by atoms with Gasteiger partial charge in [-0.05, 0) is 47.6 Å². The Morgan fingerprint density at radius 1 is 0.947 bits per heavy atom. The first-order valence-corrected chi connectivity index (χ1v) is 14.9. The molecule has 0 amide bonds. The first-order chi connectivity index (χ1) is 18.7. The number of hydrogen-bond donors (Lipinski definition) is 0. The van der Waals surface area contributed by atoms with Crippen molar-refractivity contribution in [3.05, 3.63) is 107 Å².